The minimum atomic E-state index is -0.209. The molecule has 1 atom stereocenters. The van der Waals surface area contributed by atoms with Gasteiger partial charge in [0.05, 0.1) is 31.5 Å². The SMILES string of the molecule is CCOC(=O)[C@@H]1CCCc2sc(Cc3ccc(OC)c(OC)c3)nc21. The molecule has 25 heavy (non-hydrogen) atoms. The summed E-state index contributed by atoms with van der Waals surface area (Å²) in [5.41, 5.74) is 2.03. The van der Waals surface area contributed by atoms with E-state index in [2.05, 4.69) is 0 Å². The Kier molecular flexibility index (Phi) is 5.58. The first-order valence-electron chi connectivity index (χ1n) is 8.52. The molecule has 1 aliphatic carbocycles. The summed E-state index contributed by atoms with van der Waals surface area (Å²) in [6, 6.07) is 5.90. The number of methoxy groups -OCH3 is 2. The highest BCUT2D eigenvalue weighted by molar-refractivity contribution is 7.11. The molecule has 0 fully saturated rings. The number of nitrogens with zero attached hydrogens (tertiary/aromatic N) is 1. The van der Waals surface area contributed by atoms with Crippen LogP contribution in [0.2, 0.25) is 0 Å². The van der Waals surface area contributed by atoms with Crippen molar-refractivity contribution < 1.29 is 19.0 Å². The first-order valence-corrected chi connectivity index (χ1v) is 9.34. The van der Waals surface area contributed by atoms with Crippen LogP contribution in [0.3, 0.4) is 0 Å². The lowest BCUT2D eigenvalue weighted by Gasteiger charge is -2.19. The summed E-state index contributed by atoms with van der Waals surface area (Å²) in [4.78, 5) is 18.2. The maximum atomic E-state index is 12.2. The van der Waals surface area contributed by atoms with Gasteiger partial charge in [-0.1, -0.05) is 6.07 Å². The van der Waals surface area contributed by atoms with E-state index in [4.69, 9.17) is 19.2 Å². The fourth-order valence-corrected chi connectivity index (χ4v) is 4.39. The van der Waals surface area contributed by atoms with E-state index in [1.165, 1.54) is 4.88 Å². The zero-order chi connectivity index (χ0) is 17.8. The summed E-state index contributed by atoms with van der Waals surface area (Å²) < 4.78 is 15.9. The summed E-state index contributed by atoms with van der Waals surface area (Å²) in [5, 5.41) is 1.02. The molecule has 0 saturated heterocycles. The van der Waals surface area contributed by atoms with Gasteiger partial charge in [-0.2, -0.15) is 0 Å². The Bertz CT molecular complexity index is 756. The molecule has 1 aromatic carbocycles. The van der Waals surface area contributed by atoms with Gasteiger partial charge in [-0.05, 0) is 43.9 Å². The summed E-state index contributed by atoms with van der Waals surface area (Å²) >= 11 is 1.70. The molecular weight excluding hydrogens is 338 g/mol. The number of rotatable bonds is 6. The van der Waals surface area contributed by atoms with Crippen LogP contribution in [-0.4, -0.2) is 31.8 Å². The molecular formula is C19H23NO4S. The van der Waals surface area contributed by atoms with Crippen molar-refractivity contribution in [1.82, 2.24) is 4.98 Å². The standard InChI is InChI=1S/C19H23NO4S/c1-4-24-19(21)13-6-5-7-16-18(13)20-17(25-16)11-12-8-9-14(22-2)15(10-12)23-3/h8-10,13H,4-7,11H2,1-3H3/t13-/m1/s1. The summed E-state index contributed by atoms with van der Waals surface area (Å²) in [7, 11) is 3.26. The van der Waals surface area contributed by atoms with Gasteiger partial charge in [0.25, 0.3) is 0 Å². The Hall–Kier alpha value is -2.08. The summed E-state index contributed by atoms with van der Waals surface area (Å²) in [5.74, 6) is 1.07. The fourth-order valence-electron chi connectivity index (χ4n) is 3.18. The molecule has 0 unspecified atom stereocenters. The third kappa shape index (κ3) is 3.79. The van der Waals surface area contributed by atoms with E-state index in [0.29, 0.717) is 24.5 Å². The molecule has 0 bridgehead atoms. The van der Waals surface area contributed by atoms with Crippen LogP contribution in [0.5, 0.6) is 11.5 Å². The van der Waals surface area contributed by atoms with Gasteiger partial charge in [-0.15, -0.1) is 11.3 Å². The Morgan fingerprint density at radius 3 is 2.80 bits per heavy atom. The molecule has 3 rings (SSSR count). The average Bonchev–Trinajstić information content (AvgIpc) is 3.04. The van der Waals surface area contributed by atoms with E-state index in [9.17, 15) is 4.79 Å². The van der Waals surface area contributed by atoms with Gasteiger partial charge in [0.2, 0.25) is 0 Å². The molecule has 1 heterocycles. The lowest BCUT2D eigenvalue weighted by molar-refractivity contribution is -0.145. The zero-order valence-electron chi connectivity index (χ0n) is 14.8. The molecule has 0 spiro atoms. The number of benzene rings is 1. The Balaban J connectivity index is 1.82. The van der Waals surface area contributed by atoms with Gasteiger partial charge < -0.3 is 14.2 Å². The monoisotopic (exact) mass is 361 g/mol. The maximum absolute atomic E-state index is 12.2. The van der Waals surface area contributed by atoms with Crippen LogP contribution < -0.4 is 9.47 Å². The number of hydrogen-bond donors (Lipinski definition) is 0. The number of aryl methyl sites for hydroxylation is 1. The first kappa shape index (κ1) is 17.7. The lowest BCUT2D eigenvalue weighted by atomic mass is 9.91. The summed E-state index contributed by atoms with van der Waals surface area (Å²) in [6.07, 6.45) is 3.54. The van der Waals surface area contributed by atoms with E-state index < -0.39 is 0 Å². The van der Waals surface area contributed by atoms with Gasteiger partial charge in [0.15, 0.2) is 11.5 Å². The fraction of sp³-hybridized carbons (Fsp3) is 0.474. The average molecular weight is 361 g/mol. The zero-order valence-corrected chi connectivity index (χ0v) is 15.6. The number of esters is 1. The van der Waals surface area contributed by atoms with E-state index in [1.54, 1.807) is 25.6 Å². The van der Waals surface area contributed by atoms with Crippen molar-refractivity contribution in [1.29, 1.82) is 0 Å². The van der Waals surface area contributed by atoms with Crippen LogP contribution >= 0.6 is 11.3 Å². The lowest BCUT2D eigenvalue weighted by Crippen LogP contribution is -2.20. The second-order valence-corrected chi connectivity index (χ2v) is 7.15. The van der Waals surface area contributed by atoms with E-state index in [1.807, 2.05) is 25.1 Å². The van der Waals surface area contributed by atoms with Crippen LogP contribution in [-0.2, 0) is 22.4 Å². The quantitative estimate of drug-likeness (QED) is 0.734. The Morgan fingerprint density at radius 2 is 2.08 bits per heavy atom. The molecule has 0 radical (unpaired) electrons. The molecule has 0 aliphatic heterocycles. The number of fused-ring (bicyclic) bond motifs is 1. The topological polar surface area (TPSA) is 57.7 Å². The highest BCUT2D eigenvalue weighted by Gasteiger charge is 2.31. The Morgan fingerprint density at radius 1 is 1.28 bits per heavy atom. The molecule has 0 amide bonds. The predicted molar refractivity (Wildman–Crippen MR) is 96.8 cm³/mol. The minimum absolute atomic E-state index is 0.147. The second kappa shape index (κ2) is 7.87. The number of aromatic nitrogens is 1. The molecule has 0 N–H and O–H groups in total. The van der Waals surface area contributed by atoms with Gasteiger partial charge in [0, 0.05) is 11.3 Å². The first-order chi connectivity index (χ1) is 12.2. The smallest absolute Gasteiger partial charge is 0.315 e. The number of thiazole rings is 1. The minimum Gasteiger partial charge on any atom is -0.493 e. The molecule has 2 aromatic rings. The highest BCUT2D eigenvalue weighted by Crippen LogP contribution is 2.36. The normalized spacial score (nSPS) is 16.2. The van der Waals surface area contributed by atoms with E-state index in [-0.39, 0.29) is 11.9 Å². The molecule has 1 aromatic heterocycles. The predicted octanol–water partition coefficient (Wildman–Crippen LogP) is 3.73. The van der Waals surface area contributed by atoms with Crippen molar-refractivity contribution >= 4 is 17.3 Å². The Labute approximate surface area is 151 Å². The summed E-state index contributed by atoms with van der Waals surface area (Å²) in [6.45, 7) is 2.25. The highest BCUT2D eigenvalue weighted by atomic mass is 32.1. The third-order valence-electron chi connectivity index (χ3n) is 4.37. The van der Waals surface area contributed by atoms with Crippen LogP contribution in [0.4, 0.5) is 0 Å². The molecule has 5 nitrogen and oxygen atoms in total. The van der Waals surface area contributed by atoms with Crippen molar-refractivity contribution in [3.05, 3.63) is 39.3 Å². The molecule has 0 saturated carbocycles. The van der Waals surface area contributed by atoms with Crippen LogP contribution in [0.1, 0.15) is 46.8 Å². The number of carbonyl (C=O) groups excluding carboxylic acids is 1. The maximum Gasteiger partial charge on any atom is 0.315 e. The largest absolute Gasteiger partial charge is 0.493 e. The van der Waals surface area contributed by atoms with Crippen molar-refractivity contribution in [2.24, 2.45) is 0 Å². The molecule has 6 heteroatoms. The number of ether oxygens (including phenoxy) is 3. The van der Waals surface area contributed by atoms with Gasteiger partial charge >= 0.3 is 5.97 Å². The van der Waals surface area contributed by atoms with Gasteiger partial charge in [-0.3, -0.25) is 4.79 Å². The van der Waals surface area contributed by atoms with Crippen molar-refractivity contribution in [3.63, 3.8) is 0 Å². The van der Waals surface area contributed by atoms with Gasteiger partial charge in [-0.25, -0.2) is 4.98 Å². The number of hydrogen-bond acceptors (Lipinski definition) is 6. The second-order valence-electron chi connectivity index (χ2n) is 5.98. The molecule has 134 valence electrons. The third-order valence-corrected chi connectivity index (χ3v) is 5.50. The van der Waals surface area contributed by atoms with Crippen LogP contribution in [0.15, 0.2) is 18.2 Å². The van der Waals surface area contributed by atoms with E-state index >= 15 is 0 Å². The van der Waals surface area contributed by atoms with Crippen molar-refractivity contribution in [3.8, 4) is 11.5 Å². The molecule has 1 aliphatic rings. The van der Waals surface area contributed by atoms with E-state index in [0.717, 1.165) is 35.5 Å². The van der Waals surface area contributed by atoms with Crippen LogP contribution in [0, 0.1) is 0 Å². The number of carbonyl (C=O) groups is 1. The van der Waals surface area contributed by atoms with Crippen molar-refractivity contribution in [2.75, 3.05) is 20.8 Å². The van der Waals surface area contributed by atoms with Crippen molar-refractivity contribution in [2.45, 2.75) is 38.5 Å². The van der Waals surface area contributed by atoms with Gasteiger partial charge in [0.1, 0.15) is 5.92 Å². The van der Waals surface area contributed by atoms with Crippen LogP contribution in [0.25, 0.3) is 0 Å².